The van der Waals surface area contributed by atoms with Crippen LogP contribution >= 0.6 is 0 Å². The lowest BCUT2D eigenvalue weighted by Crippen LogP contribution is -2.54. The molecule has 0 saturated carbocycles. The first-order valence-corrected chi connectivity index (χ1v) is 10.1. The van der Waals surface area contributed by atoms with E-state index in [-0.39, 0.29) is 18.4 Å². The van der Waals surface area contributed by atoms with Gasteiger partial charge in [0.2, 0.25) is 5.91 Å². The molecule has 7 heteroatoms. The van der Waals surface area contributed by atoms with Crippen LogP contribution in [0.25, 0.3) is 11.3 Å². The van der Waals surface area contributed by atoms with Gasteiger partial charge in [0, 0.05) is 36.3 Å². The van der Waals surface area contributed by atoms with Crippen LogP contribution < -0.4 is 5.32 Å². The zero-order valence-electron chi connectivity index (χ0n) is 16.4. The first kappa shape index (κ1) is 18.6. The minimum atomic E-state index is -0.751. The molecule has 0 spiro atoms. The fourth-order valence-corrected chi connectivity index (χ4v) is 4.18. The number of hydrogen-bond donors (Lipinski definition) is 2. The van der Waals surface area contributed by atoms with Gasteiger partial charge in [-0.15, -0.1) is 0 Å². The third-order valence-corrected chi connectivity index (χ3v) is 5.71. The Kier molecular flexibility index (Phi) is 4.80. The van der Waals surface area contributed by atoms with Crippen LogP contribution in [0, 0.1) is 0 Å². The third-order valence-electron chi connectivity index (χ3n) is 5.71. The summed E-state index contributed by atoms with van der Waals surface area (Å²) in [7, 11) is 0. The number of morpholine rings is 1. The second kappa shape index (κ2) is 7.76. The van der Waals surface area contributed by atoms with Crippen molar-refractivity contribution >= 4 is 11.8 Å². The largest absolute Gasteiger partial charge is 0.356 e. The van der Waals surface area contributed by atoms with E-state index in [1.807, 2.05) is 65.6 Å². The molecule has 2 aliphatic heterocycles. The lowest BCUT2D eigenvalue weighted by Gasteiger charge is -2.36. The molecule has 30 heavy (non-hydrogen) atoms. The van der Waals surface area contributed by atoms with Crippen LogP contribution in [0.5, 0.6) is 0 Å². The molecule has 1 aromatic heterocycles. The summed E-state index contributed by atoms with van der Waals surface area (Å²) < 4.78 is 5.73. The summed E-state index contributed by atoms with van der Waals surface area (Å²) in [6.07, 6.45) is -0.0468. The number of carbonyl (C=O) groups is 2. The van der Waals surface area contributed by atoms with Gasteiger partial charge in [0.05, 0.1) is 11.7 Å². The van der Waals surface area contributed by atoms with E-state index in [2.05, 4.69) is 15.5 Å². The van der Waals surface area contributed by atoms with E-state index >= 15 is 0 Å². The second-order valence-corrected chi connectivity index (χ2v) is 7.59. The highest BCUT2D eigenvalue weighted by molar-refractivity contribution is 5.86. The molecule has 152 valence electrons. The lowest BCUT2D eigenvalue weighted by molar-refractivity contribution is -0.156. The van der Waals surface area contributed by atoms with Crippen LogP contribution in [0.3, 0.4) is 0 Å². The second-order valence-electron chi connectivity index (χ2n) is 7.59. The predicted molar refractivity (Wildman–Crippen MR) is 110 cm³/mol. The number of ether oxygens (including phenoxy) is 1. The Morgan fingerprint density at radius 2 is 1.80 bits per heavy atom. The van der Waals surface area contributed by atoms with Gasteiger partial charge in [-0.1, -0.05) is 60.7 Å². The number of aromatic amines is 1. The van der Waals surface area contributed by atoms with Gasteiger partial charge in [-0.05, 0) is 5.56 Å². The number of amides is 2. The lowest BCUT2D eigenvalue weighted by atomic mass is 9.96. The summed E-state index contributed by atoms with van der Waals surface area (Å²) in [5.41, 5.74) is 4.86. The smallest absolute Gasteiger partial charge is 0.254 e. The summed E-state index contributed by atoms with van der Waals surface area (Å²) in [6.45, 7) is 0.932. The maximum Gasteiger partial charge on any atom is 0.254 e. The fourth-order valence-electron chi connectivity index (χ4n) is 4.18. The van der Waals surface area contributed by atoms with Crippen LogP contribution in [-0.4, -0.2) is 46.2 Å². The number of benzene rings is 2. The normalized spacial score (nSPS) is 21.1. The Hall–Kier alpha value is -3.45. The van der Waals surface area contributed by atoms with Gasteiger partial charge >= 0.3 is 0 Å². The molecule has 5 rings (SSSR count). The van der Waals surface area contributed by atoms with Crippen molar-refractivity contribution in [3.05, 3.63) is 77.5 Å². The number of aromatic nitrogens is 2. The monoisotopic (exact) mass is 402 g/mol. The molecule has 3 heterocycles. The van der Waals surface area contributed by atoms with Crippen molar-refractivity contribution in [1.82, 2.24) is 20.4 Å². The summed E-state index contributed by atoms with van der Waals surface area (Å²) in [5.74, 6) is -0.329. The number of hydrogen-bond acceptors (Lipinski definition) is 4. The standard InChI is InChI=1S/C23H22N4O3/c28-19-14-30-22(21(24-19)16-9-5-2-6-10-16)23(29)27-12-11-18-17(13-27)20(26-25-18)15-7-3-1-4-8-15/h1-10,21-22H,11-14H2,(H,24,28)(H,25,26)/t21-,22+/m1/s1. The van der Waals surface area contributed by atoms with Crippen LogP contribution in [0.1, 0.15) is 22.9 Å². The number of carbonyl (C=O) groups excluding carboxylic acids is 2. The Bertz CT molecular complexity index is 1060. The van der Waals surface area contributed by atoms with E-state index in [1.54, 1.807) is 0 Å². The molecule has 2 atom stereocenters. The van der Waals surface area contributed by atoms with Crippen LogP contribution in [-0.2, 0) is 27.3 Å². The highest BCUT2D eigenvalue weighted by atomic mass is 16.5. The molecular weight excluding hydrogens is 380 g/mol. The number of nitrogens with zero attached hydrogens (tertiary/aromatic N) is 2. The predicted octanol–water partition coefficient (Wildman–Crippen LogP) is 2.22. The topological polar surface area (TPSA) is 87.3 Å². The summed E-state index contributed by atoms with van der Waals surface area (Å²) in [4.78, 5) is 27.2. The van der Waals surface area contributed by atoms with Crippen LogP contribution in [0.4, 0.5) is 0 Å². The van der Waals surface area contributed by atoms with E-state index in [1.165, 1.54) is 0 Å². The molecule has 0 radical (unpaired) electrons. The van der Waals surface area contributed by atoms with Crippen molar-refractivity contribution in [3.8, 4) is 11.3 Å². The first-order chi connectivity index (χ1) is 14.7. The summed E-state index contributed by atoms with van der Waals surface area (Å²) >= 11 is 0. The Morgan fingerprint density at radius 1 is 1.07 bits per heavy atom. The van der Waals surface area contributed by atoms with Crippen molar-refractivity contribution in [2.24, 2.45) is 0 Å². The third kappa shape index (κ3) is 3.37. The van der Waals surface area contributed by atoms with E-state index in [0.29, 0.717) is 19.5 Å². The number of H-pyrrole nitrogens is 1. The van der Waals surface area contributed by atoms with Crippen molar-refractivity contribution < 1.29 is 14.3 Å². The highest BCUT2D eigenvalue weighted by Gasteiger charge is 2.39. The zero-order chi connectivity index (χ0) is 20.5. The van der Waals surface area contributed by atoms with Gasteiger partial charge < -0.3 is 15.0 Å². The average molecular weight is 402 g/mol. The van der Waals surface area contributed by atoms with E-state index in [9.17, 15) is 9.59 Å². The molecule has 2 amide bonds. The van der Waals surface area contributed by atoms with Crippen molar-refractivity contribution in [2.75, 3.05) is 13.2 Å². The number of rotatable bonds is 3. The summed E-state index contributed by atoms with van der Waals surface area (Å²) in [6, 6.07) is 18.9. The number of fused-ring (bicyclic) bond motifs is 1. The van der Waals surface area contributed by atoms with E-state index < -0.39 is 12.1 Å². The van der Waals surface area contributed by atoms with Gasteiger partial charge in [-0.25, -0.2) is 0 Å². The SMILES string of the molecule is O=C1CO[C@H](C(=O)N2CCc3[nH]nc(-c4ccccc4)c3C2)[C@@H](c2ccccc2)N1. The maximum atomic E-state index is 13.4. The highest BCUT2D eigenvalue weighted by Crippen LogP contribution is 2.30. The Labute approximate surface area is 174 Å². The molecule has 7 nitrogen and oxygen atoms in total. The van der Waals surface area contributed by atoms with Crippen LogP contribution in [0.2, 0.25) is 0 Å². The van der Waals surface area contributed by atoms with E-state index in [0.717, 1.165) is 28.1 Å². The van der Waals surface area contributed by atoms with Gasteiger partial charge in [0.25, 0.3) is 5.91 Å². The van der Waals surface area contributed by atoms with Gasteiger partial charge in [0.15, 0.2) is 6.10 Å². The average Bonchev–Trinajstić information content (AvgIpc) is 3.23. The van der Waals surface area contributed by atoms with Crippen molar-refractivity contribution in [1.29, 1.82) is 0 Å². The molecule has 3 aromatic rings. The number of nitrogens with one attached hydrogen (secondary N) is 2. The zero-order valence-corrected chi connectivity index (χ0v) is 16.4. The summed E-state index contributed by atoms with van der Waals surface area (Å²) in [5, 5.41) is 10.5. The van der Waals surface area contributed by atoms with Crippen molar-refractivity contribution in [3.63, 3.8) is 0 Å². The molecular formula is C23H22N4O3. The minimum absolute atomic E-state index is 0.111. The van der Waals surface area contributed by atoms with Crippen molar-refractivity contribution in [2.45, 2.75) is 25.1 Å². The van der Waals surface area contributed by atoms with Crippen LogP contribution in [0.15, 0.2) is 60.7 Å². The molecule has 2 aliphatic rings. The quantitative estimate of drug-likeness (QED) is 0.703. The van der Waals surface area contributed by atoms with Gasteiger partial charge in [-0.3, -0.25) is 14.7 Å². The molecule has 0 unspecified atom stereocenters. The van der Waals surface area contributed by atoms with E-state index in [4.69, 9.17) is 4.74 Å². The van der Waals surface area contributed by atoms with Gasteiger partial charge in [-0.2, -0.15) is 5.10 Å². The molecule has 0 aliphatic carbocycles. The molecule has 2 N–H and O–H groups in total. The van der Waals surface area contributed by atoms with Gasteiger partial charge in [0.1, 0.15) is 6.61 Å². The first-order valence-electron chi connectivity index (χ1n) is 10.1. The Morgan fingerprint density at radius 3 is 2.57 bits per heavy atom. The molecule has 0 bridgehead atoms. The fraction of sp³-hybridized carbons (Fsp3) is 0.261. The minimum Gasteiger partial charge on any atom is -0.356 e. The maximum absolute atomic E-state index is 13.4. The molecule has 1 saturated heterocycles. The molecule has 2 aromatic carbocycles. The Balaban J connectivity index is 1.41. The molecule has 1 fully saturated rings.